The fourth-order valence-electron chi connectivity index (χ4n) is 1.74. The maximum Gasteiger partial charge on any atom is 0.228 e. The van der Waals surface area contributed by atoms with Crippen LogP contribution < -0.4 is 0 Å². The summed E-state index contributed by atoms with van der Waals surface area (Å²) in [7, 11) is 1.60. The zero-order valence-electron chi connectivity index (χ0n) is 9.50. The molecule has 0 radical (unpaired) electrons. The molecule has 0 aliphatic carbocycles. The average molecular weight is 228 g/mol. The van der Waals surface area contributed by atoms with Gasteiger partial charge in [0.2, 0.25) is 5.91 Å². The molecule has 7 heteroatoms. The van der Waals surface area contributed by atoms with Crippen molar-refractivity contribution < 1.29 is 14.3 Å². The molecular weight excluding hydrogens is 212 g/mol. The van der Waals surface area contributed by atoms with E-state index in [0.29, 0.717) is 19.7 Å². The van der Waals surface area contributed by atoms with Crippen LogP contribution >= 0.6 is 0 Å². The van der Waals surface area contributed by atoms with Gasteiger partial charge >= 0.3 is 0 Å². The first kappa shape index (κ1) is 12.8. The Morgan fingerprint density at radius 2 is 2.25 bits per heavy atom. The summed E-state index contributed by atoms with van der Waals surface area (Å²) in [5.74, 6) is -0.193. The van der Waals surface area contributed by atoms with Crippen LogP contribution in [0.15, 0.2) is 5.11 Å². The van der Waals surface area contributed by atoms with Crippen molar-refractivity contribution in [2.24, 2.45) is 5.11 Å². The summed E-state index contributed by atoms with van der Waals surface area (Å²) in [6, 6.07) is 0. The van der Waals surface area contributed by atoms with Crippen molar-refractivity contribution in [1.29, 1.82) is 0 Å². The highest BCUT2D eigenvalue weighted by atomic mass is 16.5. The summed E-state index contributed by atoms with van der Waals surface area (Å²) in [4.78, 5) is 15.7. The van der Waals surface area contributed by atoms with E-state index in [1.54, 1.807) is 12.0 Å². The molecular formula is C9H16N4O3. The second-order valence-electron chi connectivity index (χ2n) is 3.46. The van der Waals surface area contributed by atoms with Crippen LogP contribution in [0.4, 0.5) is 0 Å². The number of hydrogen-bond acceptors (Lipinski definition) is 4. The number of amides is 1. The summed E-state index contributed by atoms with van der Waals surface area (Å²) in [6.45, 7) is 3.32. The van der Waals surface area contributed by atoms with E-state index in [2.05, 4.69) is 10.0 Å². The van der Waals surface area contributed by atoms with Crippen molar-refractivity contribution >= 4 is 5.91 Å². The number of rotatable bonds is 5. The van der Waals surface area contributed by atoms with Gasteiger partial charge in [-0.05, 0) is 12.5 Å². The van der Waals surface area contributed by atoms with Crippen LogP contribution in [0.3, 0.4) is 0 Å². The molecule has 0 spiro atoms. The lowest BCUT2D eigenvalue weighted by Crippen LogP contribution is -2.31. The largest absolute Gasteiger partial charge is 0.377 e. The third kappa shape index (κ3) is 3.10. The molecule has 1 saturated heterocycles. The van der Waals surface area contributed by atoms with Crippen molar-refractivity contribution in [3.05, 3.63) is 10.4 Å². The molecule has 0 N–H and O–H groups in total. The SMILES string of the molecule is CCOC1CN(C(=O)CN=[N+]=[N-])CC1OC. The second kappa shape index (κ2) is 6.32. The van der Waals surface area contributed by atoms with Crippen LogP contribution in [-0.2, 0) is 14.3 Å². The fraction of sp³-hybridized carbons (Fsp3) is 0.889. The molecule has 1 fully saturated rings. The molecule has 16 heavy (non-hydrogen) atoms. The Morgan fingerprint density at radius 1 is 1.56 bits per heavy atom. The van der Waals surface area contributed by atoms with Gasteiger partial charge in [0.25, 0.3) is 0 Å². The molecule has 1 aliphatic rings. The van der Waals surface area contributed by atoms with Gasteiger partial charge in [0.05, 0.1) is 0 Å². The maximum atomic E-state index is 11.6. The number of azide groups is 1. The first-order chi connectivity index (χ1) is 7.72. The third-order valence-electron chi connectivity index (χ3n) is 2.52. The number of ether oxygens (including phenoxy) is 2. The zero-order chi connectivity index (χ0) is 12.0. The molecule has 2 atom stereocenters. The normalized spacial score (nSPS) is 24.2. The van der Waals surface area contributed by atoms with E-state index in [1.165, 1.54) is 0 Å². The number of nitrogens with zero attached hydrogens (tertiary/aromatic N) is 4. The van der Waals surface area contributed by atoms with E-state index in [-0.39, 0.29) is 24.7 Å². The molecule has 90 valence electrons. The predicted octanol–water partition coefficient (Wildman–Crippen LogP) is 0.559. The second-order valence-corrected chi connectivity index (χ2v) is 3.46. The zero-order valence-corrected chi connectivity index (χ0v) is 9.50. The number of likely N-dealkylation sites (tertiary alicyclic amines) is 1. The van der Waals surface area contributed by atoms with E-state index in [4.69, 9.17) is 15.0 Å². The van der Waals surface area contributed by atoms with E-state index in [1.807, 2.05) is 6.92 Å². The Bertz CT molecular complexity index is 290. The lowest BCUT2D eigenvalue weighted by Gasteiger charge is -2.15. The molecule has 0 bridgehead atoms. The van der Waals surface area contributed by atoms with Crippen LogP contribution in [0.5, 0.6) is 0 Å². The van der Waals surface area contributed by atoms with Crippen molar-refractivity contribution in [2.45, 2.75) is 19.1 Å². The van der Waals surface area contributed by atoms with Crippen LogP contribution in [0.25, 0.3) is 10.4 Å². The first-order valence-electron chi connectivity index (χ1n) is 5.16. The van der Waals surface area contributed by atoms with Gasteiger partial charge in [-0.2, -0.15) is 0 Å². The quantitative estimate of drug-likeness (QED) is 0.391. The Hall–Kier alpha value is -1.30. The molecule has 7 nitrogen and oxygen atoms in total. The predicted molar refractivity (Wildman–Crippen MR) is 56.8 cm³/mol. The van der Waals surface area contributed by atoms with Crippen LogP contribution in [-0.4, -0.2) is 56.4 Å². The summed E-state index contributed by atoms with van der Waals surface area (Å²) >= 11 is 0. The summed E-state index contributed by atoms with van der Waals surface area (Å²) in [6.07, 6.45) is -0.194. The van der Waals surface area contributed by atoms with Gasteiger partial charge in [-0.1, -0.05) is 5.11 Å². The van der Waals surface area contributed by atoms with Crippen LogP contribution in [0.1, 0.15) is 6.92 Å². The number of hydrogen-bond donors (Lipinski definition) is 0. The van der Waals surface area contributed by atoms with Crippen LogP contribution in [0, 0.1) is 0 Å². The Labute approximate surface area is 93.9 Å². The molecule has 0 saturated carbocycles. The molecule has 0 aromatic heterocycles. The van der Waals surface area contributed by atoms with Gasteiger partial charge in [0.15, 0.2) is 0 Å². The van der Waals surface area contributed by atoms with Gasteiger partial charge in [-0.15, -0.1) is 0 Å². The lowest BCUT2D eigenvalue weighted by molar-refractivity contribution is -0.129. The van der Waals surface area contributed by atoms with Crippen molar-refractivity contribution in [3.8, 4) is 0 Å². The molecule has 1 heterocycles. The highest BCUT2D eigenvalue weighted by Crippen LogP contribution is 2.16. The van der Waals surface area contributed by atoms with Gasteiger partial charge in [-0.25, -0.2) is 0 Å². The average Bonchev–Trinajstić information content (AvgIpc) is 2.69. The first-order valence-corrected chi connectivity index (χ1v) is 5.16. The highest BCUT2D eigenvalue weighted by Gasteiger charge is 2.35. The van der Waals surface area contributed by atoms with Crippen molar-refractivity contribution in [3.63, 3.8) is 0 Å². The number of carbonyl (C=O) groups is 1. The lowest BCUT2D eigenvalue weighted by atomic mass is 10.2. The minimum Gasteiger partial charge on any atom is -0.377 e. The topological polar surface area (TPSA) is 87.5 Å². The molecule has 1 aliphatic heterocycles. The van der Waals surface area contributed by atoms with E-state index in [0.717, 1.165) is 0 Å². The minimum atomic E-state index is -0.193. The Kier molecular flexibility index (Phi) is 5.04. The van der Waals surface area contributed by atoms with Crippen molar-refractivity contribution in [1.82, 2.24) is 4.90 Å². The summed E-state index contributed by atoms with van der Waals surface area (Å²) in [5.41, 5.74) is 8.13. The van der Waals surface area contributed by atoms with E-state index >= 15 is 0 Å². The number of methoxy groups -OCH3 is 1. The molecule has 0 aromatic carbocycles. The maximum absolute atomic E-state index is 11.6. The summed E-state index contributed by atoms with van der Waals surface area (Å²) < 4.78 is 10.7. The molecule has 1 rings (SSSR count). The molecule has 0 aromatic rings. The minimum absolute atomic E-state index is 0.0926. The summed E-state index contributed by atoms with van der Waals surface area (Å²) in [5, 5.41) is 3.25. The van der Waals surface area contributed by atoms with Gasteiger partial charge < -0.3 is 14.4 Å². The number of carbonyl (C=O) groups excluding carboxylic acids is 1. The van der Waals surface area contributed by atoms with Gasteiger partial charge in [0.1, 0.15) is 18.8 Å². The van der Waals surface area contributed by atoms with E-state index in [9.17, 15) is 4.79 Å². The molecule has 1 amide bonds. The van der Waals surface area contributed by atoms with Gasteiger partial charge in [-0.3, -0.25) is 4.79 Å². The van der Waals surface area contributed by atoms with E-state index < -0.39 is 0 Å². The third-order valence-corrected chi connectivity index (χ3v) is 2.52. The smallest absolute Gasteiger partial charge is 0.228 e. The van der Waals surface area contributed by atoms with Crippen LogP contribution in [0.2, 0.25) is 0 Å². The highest BCUT2D eigenvalue weighted by molar-refractivity contribution is 5.78. The fourth-order valence-corrected chi connectivity index (χ4v) is 1.74. The molecule has 2 unspecified atom stereocenters. The monoisotopic (exact) mass is 228 g/mol. The van der Waals surface area contributed by atoms with Crippen molar-refractivity contribution in [2.75, 3.05) is 33.4 Å². The Balaban J connectivity index is 2.52. The Morgan fingerprint density at radius 3 is 2.81 bits per heavy atom. The standard InChI is InChI=1S/C9H16N4O3/c1-3-16-8-6-13(5-7(8)15-2)9(14)4-11-12-10/h7-8H,3-6H2,1-2H3. The van der Waals surface area contributed by atoms with Gasteiger partial charge in [0, 0.05) is 31.7 Å².